The second kappa shape index (κ2) is 9.29. The quantitative estimate of drug-likeness (QED) is 0.415. The Bertz CT molecular complexity index is 1250. The van der Waals surface area contributed by atoms with Gasteiger partial charge in [0.2, 0.25) is 0 Å². The van der Waals surface area contributed by atoms with Crippen molar-refractivity contribution in [1.29, 1.82) is 0 Å². The van der Waals surface area contributed by atoms with Crippen molar-refractivity contribution in [2.45, 2.75) is 12.6 Å². The van der Waals surface area contributed by atoms with Crippen LogP contribution in [0.4, 0.5) is 0 Å². The molecule has 1 fully saturated rings. The number of rotatable bonds is 5. The maximum Gasteiger partial charge on any atom is 0.192 e. The van der Waals surface area contributed by atoms with E-state index in [4.69, 9.17) is 16.0 Å². The fourth-order valence-electron chi connectivity index (χ4n) is 4.53. The van der Waals surface area contributed by atoms with Crippen LogP contribution in [0.2, 0.25) is 5.02 Å². The van der Waals surface area contributed by atoms with Crippen molar-refractivity contribution in [3.63, 3.8) is 0 Å². The Balaban J connectivity index is 1.32. The fourth-order valence-corrected chi connectivity index (χ4v) is 4.65. The van der Waals surface area contributed by atoms with Crippen molar-refractivity contribution in [2.75, 3.05) is 26.2 Å². The minimum absolute atomic E-state index is 0.0207. The van der Waals surface area contributed by atoms with Crippen LogP contribution in [0.15, 0.2) is 94.1 Å². The van der Waals surface area contributed by atoms with Crippen LogP contribution in [0.1, 0.15) is 22.9 Å². The fraction of sp³-hybridized carbons (Fsp3) is 0.222. The largest absolute Gasteiger partial charge is 0.459 e. The Hall–Kier alpha value is -2.92. The first-order valence-corrected chi connectivity index (χ1v) is 11.3. The third-order valence-electron chi connectivity index (χ3n) is 6.14. The number of hydrogen-bond acceptors (Lipinski definition) is 4. The molecule has 5 rings (SSSR count). The highest BCUT2D eigenvalue weighted by molar-refractivity contribution is 6.30. The lowest BCUT2D eigenvalue weighted by molar-refractivity contribution is 0.0998. The van der Waals surface area contributed by atoms with Gasteiger partial charge in [0, 0.05) is 37.3 Å². The lowest BCUT2D eigenvalue weighted by atomic mass is 9.96. The lowest BCUT2D eigenvalue weighted by Crippen LogP contribution is -2.47. The number of benzene rings is 3. The van der Waals surface area contributed by atoms with Crippen molar-refractivity contribution in [2.24, 2.45) is 0 Å². The molecule has 0 N–H and O–H groups in total. The second-order valence-corrected chi connectivity index (χ2v) is 8.69. The molecule has 4 aromatic rings. The SMILES string of the molecule is O=c1cc(CN2CCN(C(c3ccccc3)c3ccc(Cl)cc3)CC2)oc2ccccc12. The molecule has 5 heteroatoms. The molecule has 0 radical (unpaired) electrons. The Kier molecular flexibility index (Phi) is 6.08. The van der Waals surface area contributed by atoms with E-state index in [1.807, 2.05) is 36.4 Å². The molecule has 0 amide bonds. The van der Waals surface area contributed by atoms with E-state index in [0.29, 0.717) is 17.5 Å². The summed E-state index contributed by atoms with van der Waals surface area (Å²) in [5.41, 5.74) is 3.20. The van der Waals surface area contributed by atoms with Gasteiger partial charge in [-0.05, 0) is 35.4 Å². The normalized spacial score (nSPS) is 16.3. The average Bonchev–Trinajstić information content (AvgIpc) is 2.82. The number of halogens is 1. The van der Waals surface area contributed by atoms with Crippen molar-refractivity contribution in [1.82, 2.24) is 9.80 Å². The summed E-state index contributed by atoms with van der Waals surface area (Å²) in [5, 5.41) is 1.39. The van der Waals surface area contributed by atoms with Gasteiger partial charge in [0.1, 0.15) is 11.3 Å². The molecule has 0 saturated carbocycles. The van der Waals surface area contributed by atoms with E-state index in [0.717, 1.165) is 37.0 Å². The molecule has 4 nitrogen and oxygen atoms in total. The maximum atomic E-state index is 12.4. The first kappa shape index (κ1) is 21.0. The standard InChI is InChI=1S/C27H25ClN2O2/c28-22-12-10-21(11-13-22)27(20-6-2-1-3-7-20)30-16-14-29(15-17-30)19-23-18-25(31)24-8-4-5-9-26(24)32-23/h1-13,18,27H,14-17,19H2. The van der Waals surface area contributed by atoms with Gasteiger partial charge in [0.15, 0.2) is 5.43 Å². The number of nitrogens with zero attached hydrogens (tertiary/aromatic N) is 2. The van der Waals surface area contributed by atoms with E-state index >= 15 is 0 Å². The Morgan fingerprint density at radius 3 is 2.22 bits per heavy atom. The van der Waals surface area contributed by atoms with Gasteiger partial charge in [-0.2, -0.15) is 0 Å². The highest BCUT2D eigenvalue weighted by atomic mass is 35.5. The summed E-state index contributed by atoms with van der Waals surface area (Å²) in [4.78, 5) is 17.3. The summed E-state index contributed by atoms with van der Waals surface area (Å²) < 4.78 is 6.00. The minimum atomic E-state index is 0.0207. The van der Waals surface area contributed by atoms with Crippen LogP contribution in [0.5, 0.6) is 0 Å². The highest BCUT2D eigenvalue weighted by Gasteiger charge is 2.26. The first-order valence-electron chi connectivity index (χ1n) is 11.0. The minimum Gasteiger partial charge on any atom is -0.459 e. The molecule has 1 aromatic heterocycles. The number of fused-ring (bicyclic) bond motifs is 1. The Morgan fingerprint density at radius 1 is 0.812 bits per heavy atom. The summed E-state index contributed by atoms with van der Waals surface area (Å²) in [5.74, 6) is 0.722. The van der Waals surface area contributed by atoms with Crippen molar-refractivity contribution >= 4 is 22.6 Å². The van der Waals surface area contributed by atoms with Gasteiger partial charge in [-0.15, -0.1) is 0 Å². The van der Waals surface area contributed by atoms with Crippen LogP contribution >= 0.6 is 11.6 Å². The zero-order valence-corrected chi connectivity index (χ0v) is 18.5. The van der Waals surface area contributed by atoms with Gasteiger partial charge in [-0.3, -0.25) is 14.6 Å². The molecule has 3 aromatic carbocycles. The maximum absolute atomic E-state index is 12.4. The molecule has 0 aliphatic carbocycles. The number of para-hydroxylation sites is 1. The molecule has 0 spiro atoms. The Labute approximate surface area is 192 Å². The molecular formula is C27H25ClN2O2. The summed E-state index contributed by atoms with van der Waals surface area (Å²) in [6.07, 6.45) is 0. The summed E-state index contributed by atoms with van der Waals surface area (Å²) in [6.45, 7) is 4.33. The van der Waals surface area contributed by atoms with Crippen molar-refractivity contribution < 1.29 is 4.42 Å². The predicted molar refractivity (Wildman–Crippen MR) is 129 cm³/mol. The zero-order chi connectivity index (χ0) is 21.9. The molecule has 0 bridgehead atoms. The van der Waals surface area contributed by atoms with E-state index in [2.05, 4.69) is 52.3 Å². The van der Waals surface area contributed by atoms with Crippen LogP contribution in [-0.2, 0) is 6.54 Å². The molecule has 1 saturated heterocycles. The van der Waals surface area contributed by atoms with Gasteiger partial charge in [-0.1, -0.05) is 66.2 Å². The Morgan fingerprint density at radius 2 is 1.47 bits per heavy atom. The summed E-state index contributed by atoms with van der Waals surface area (Å²) >= 11 is 6.14. The first-order chi connectivity index (χ1) is 15.7. The molecule has 1 unspecified atom stereocenters. The van der Waals surface area contributed by atoms with Crippen LogP contribution in [0, 0.1) is 0 Å². The summed E-state index contributed by atoms with van der Waals surface area (Å²) in [7, 11) is 0. The van der Waals surface area contributed by atoms with E-state index in [1.54, 1.807) is 6.07 Å². The lowest BCUT2D eigenvalue weighted by Gasteiger charge is -2.39. The van der Waals surface area contributed by atoms with E-state index in [-0.39, 0.29) is 11.5 Å². The highest BCUT2D eigenvalue weighted by Crippen LogP contribution is 2.30. The van der Waals surface area contributed by atoms with E-state index < -0.39 is 0 Å². The van der Waals surface area contributed by atoms with Gasteiger partial charge < -0.3 is 4.42 Å². The van der Waals surface area contributed by atoms with Crippen LogP contribution < -0.4 is 5.43 Å². The monoisotopic (exact) mass is 444 g/mol. The van der Waals surface area contributed by atoms with E-state index in [1.165, 1.54) is 11.1 Å². The van der Waals surface area contributed by atoms with Gasteiger partial charge in [-0.25, -0.2) is 0 Å². The average molecular weight is 445 g/mol. The molecular weight excluding hydrogens is 420 g/mol. The van der Waals surface area contributed by atoms with Crippen molar-refractivity contribution in [3.8, 4) is 0 Å². The molecule has 162 valence electrons. The molecule has 2 heterocycles. The van der Waals surface area contributed by atoms with Crippen LogP contribution in [-0.4, -0.2) is 36.0 Å². The van der Waals surface area contributed by atoms with Gasteiger partial charge in [0.25, 0.3) is 0 Å². The number of hydrogen-bond donors (Lipinski definition) is 0. The zero-order valence-electron chi connectivity index (χ0n) is 17.8. The third kappa shape index (κ3) is 4.49. The smallest absolute Gasteiger partial charge is 0.192 e. The second-order valence-electron chi connectivity index (χ2n) is 8.25. The molecule has 1 aliphatic heterocycles. The van der Waals surface area contributed by atoms with Crippen molar-refractivity contribution in [3.05, 3.63) is 117 Å². The van der Waals surface area contributed by atoms with Gasteiger partial charge >= 0.3 is 0 Å². The third-order valence-corrected chi connectivity index (χ3v) is 6.39. The molecule has 1 atom stereocenters. The van der Waals surface area contributed by atoms with Gasteiger partial charge in [0.05, 0.1) is 18.0 Å². The topological polar surface area (TPSA) is 36.7 Å². The van der Waals surface area contributed by atoms with Crippen LogP contribution in [0.25, 0.3) is 11.0 Å². The molecule has 1 aliphatic rings. The van der Waals surface area contributed by atoms with Crippen LogP contribution in [0.3, 0.4) is 0 Å². The van der Waals surface area contributed by atoms with E-state index in [9.17, 15) is 4.79 Å². The molecule has 32 heavy (non-hydrogen) atoms. The number of piperazine rings is 1. The summed E-state index contributed by atoms with van der Waals surface area (Å²) in [6, 6.07) is 28.0. The predicted octanol–water partition coefficient (Wildman–Crippen LogP) is 5.35.